The Balaban J connectivity index is 0.00000288. The van der Waals surface area contributed by atoms with Gasteiger partial charge in [-0.05, 0) is 18.9 Å². The Morgan fingerprint density at radius 3 is 2.58 bits per heavy atom. The number of piperidine rings is 1. The zero-order valence-electron chi connectivity index (χ0n) is 13.2. The molecule has 9 heteroatoms. The first kappa shape index (κ1) is 20.3. The average molecular weight is 377 g/mol. The molecular weight excluding hydrogens is 357 g/mol. The summed E-state index contributed by atoms with van der Waals surface area (Å²) in [5.41, 5.74) is 6.37. The van der Waals surface area contributed by atoms with E-state index in [0.717, 1.165) is 0 Å². The van der Waals surface area contributed by atoms with E-state index in [0.29, 0.717) is 48.0 Å². The molecule has 24 heavy (non-hydrogen) atoms. The van der Waals surface area contributed by atoms with Crippen LogP contribution in [0, 0.1) is 0 Å². The van der Waals surface area contributed by atoms with Crippen molar-refractivity contribution in [3.8, 4) is 5.75 Å². The Kier molecular flexibility index (Phi) is 7.59. The Bertz CT molecular complexity index is 605. The molecule has 1 saturated heterocycles. The molecule has 1 aromatic carbocycles. The maximum Gasteiger partial charge on any atom is 0.255 e. The SMILES string of the molecule is COc1cc(N)c(Cl)cc1C(=O)NC1CCN(CC(=O)[O-])CC1.Cl. The fraction of sp³-hybridized carbons (Fsp3) is 0.467. The van der Waals surface area contributed by atoms with Gasteiger partial charge in [-0.25, -0.2) is 0 Å². The van der Waals surface area contributed by atoms with Crippen LogP contribution < -0.4 is 20.9 Å². The minimum Gasteiger partial charge on any atom is -0.549 e. The molecule has 0 radical (unpaired) electrons. The third kappa shape index (κ3) is 5.15. The summed E-state index contributed by atoms with van der Waals surface area (Å²) >= 11 is 5.97. The molecule has 0 aliphatic carbocycles. The number of nitrogen functional groups attached to an aromatic ring is 1. The summed E-state index contributed by atoms with van der Waals surface area (Å²) < 4.78 is 5.17. The minimum absolute atomic E-state index is 0. The van der Waals surface area contributed by atoms with Crippen molar-refractivity contribution in [2.45, 2.75) is 18.9 Å². The predicted molar refractivity (Wildman–Crippen MR) is 91.6 cm³/mol. The molecule has 134 valence electrons. The van der Waals surface area contributed by atoms with Gasteiger partial charge in [0, 0.05) is 31.7 Å². The number of carboxylic acid groups (broad SMARTS) is 1. The van der Waals surface area contributed by atoms with Gasteiger partial charge in [-0.3, -0.25) is 9.69 Å². The zero-order valence-corrected chi connectivity index (χ0v) is 14.8. The van der Waals surface area contributed by atoms with E-state index in [1.165, 1.54) is 19.2 Å². The van der Waals surface area contributed by atoms with E-state index in [1.807, 2.05) is 0 Å². The minimum atomic E-state index is -1.09. The molecule has 1 aliphatic rings. The molecule has 0 atom stereocenters. The molecule has 0 spiro atoms. The lowest BCUT2D eigenvalue weighted by Crippen LogP contribution is -2.47. The summed E-state index contributed by atoms with van der Waals surface area (Å²) in [5.74, 6) is -1.02. The Morgan fingerprint density at radius 2 is 2.04 bits per heavy atom. The number of anilines is 1. The lowest BCUT2D eigenvalue weighted by Gasteiger charge is -2.32. The van der Waals surface area contributed by atoms with E-state index in [4.69, 9.17) is 22.1 Å². The number of rotatable bonds is 5. The fourth-order valence-corrected chi connectivity index (χ4v) is 2.76. The van der Waals surface area contributed by atoms with Crippen LogP contribution in [0.15, 0.2) is 12.1 Å². The number of nitrogens with two attached hydrogens (primary N) is 1. The van der Waals surface area contributed by atoms with Gasteiger partial charge in [-0.2, -0.15) is 0 Å². The Labute approximate surface area is 151 Å². The second-order valence-electron chi connectivity index (χ2n) is 5.47. The number of carbonyl (C=O) groups is 2. The third-order valence-electron chi connectivity index (χ3n) is 3.84. The number of ether oxygens (including phenoxy) is 1. The second-order valence-corrected chi connectivity index (χ2v) is 5.88. The maximum absolute atomic E-state index is 12.4. The summed E-state index contributed by atoms with van der Waals surface area (Å²) in [6.45, 7) is 1.11. The number of carboxylic acids is 1. The highest BCUT2D eigenvalue weighted by Gasteiger charge is 2.23. The molecule has 1 fully saturated rings. The first-order valence-electron chi connectivity index (χ1n) is 7.26. The van der Waals surface area contributed by atoms with Crippen LogP contribution in [0.1, 0.15) is 23.2 Å². The van der Waals surface area contributed by atoms with Crippen molar-refractivity contribution < 1.29 is 19.4 Å². The number of carbonyl (C=O) groups excluding carboxylic acids is 2. The van der Waals surface area contributed by atoms with Crippen LogP contribution in [0.3, 0.4) is 0 Å². The second kappa shape index (κ2) is 8.96. The lowest BCUT2D eigenvalue weighted by molar-refractivity contribution is -0.306. The van der Waals surface area contributed by atoms with Gasteiger partial charge in [0.05, 0.1) is 29.4 Å². The lowest BCUT2D eigenvalue weighted by atomic mass is 10.0. The number of methoxy groups -OCH3 is 1. The zero-order chi connectivity index (χ0) is 17.0. The largest absolute Gasteiger partial charge is 0.549 e. The molecule has 0 saturated carbocycles. The van der Waals surface area contributed by atoms with Gasteiger partial charge in [0.2, 0.25) is 0 Å². The van der Waals surface area contributed by atoms with Crippen molar-refractivity contribution in [2.24, 2.45) is 0 Å². The van der Waals surface area contributed by atoms with E-state index in [-0.39, 0.29) is 30.9 Å². The highest BCUT2D eigenvalue weighted by Crippen LogP contribution is 2.29. The van der Waals surface area contributed by atoms with Gasteiger partial charge in [-0.1, -0.05) is 11.6 Å². The predicted octanol–water partition coefficient (Wildman–Crippen LogP) is 0.297. The van der Waals surface area contributed by atoms with Gasteiger partial charge in [0.1, 0.15) is 5.75 Å². The van der Waals surface area contributed by atoms with Gasteiger partial charge >= 0.3 is 0 Å². The number of amides is 1. The molecule has 3 N–H and O–H groups in total. The number of hydrogen-bond donors (Lipinski definition) is 2. The first-order chi connectivity index (χ1) is 10.9. The quantitative estimate of drug-likeness (QED) is 0.715. The number of hydrogen-bond acceptors (Lipinski definition) is 6. The van der Waals surface area contributed by atoms with Crippen molar-refractivity contribution in [3.05, 3.63) is 22.7 Å². The molecule has 2 rings (SSSR count). The number of nitrogens with one attached hydrogen (secondary N) is 1. The van der Waals surface area contributed by atoms with Gasteiger partial charge < -0.3 is 25.7 Å². The molecule has 0 bridgehead atoms. The smallest absolute Gasteiger partial charge is 0.255 e. The van der Waals surface area contributed by atoms with Crippen molar-refractivity contribution >= 4 is 41.6 Å². The van der Waals surface area contributed by atoms with E-state index in [2.05, 4.69) is 5.32 Å². The number of nitrogens with zero attached hydrogens (tertiary/aromatic N) is 1. The third-order valence-corrected chi connectivity index (χ3v) is 4.17. The van der Waals surface area contributed by atoms with E-state index in [9.17, 15) is 14.7 Å². The summed E-state index contributed by atoms with van der Waals surface area (Å²) in [4.78, 5) is 24.8. The van der Waals surface area contributed by atoms with Crippen molar-refractivity contribution in [1.82, 2.24) is 10.2 Å². The number of halogens is 2. The van der Waals surface area contributed by atoms with Crippen LogP contribution >= 0.6 is 24.0 Å². The average Bonchev–Trinajstić information content (AvgIpc) is 2.50. The topological polar surface area (TPSA) is 108 Å². The van der Waals surface area contributed by atoms with Crippen molar-refractivity contribution in [3.63, 3.8) is 0 Å². The van der Waals surface area contributed by atoms with E-state index < -0.39 is 5.97 Å². The molecular formula is C15H20Cl2N3O4-. The van der Waals surface area contributed by atoms with Crippen LogP contribution in [0.4, 0.5) is 5.69 Å². The normalized spacial score (nSPS) is 15.4. The first-order valence-corrected chi connectivity index (χ1v) is 7.64. The number of benzene rings is 1. The molecule has 0 aromatic heterocycles. The monoisotopic (exact) mass is 376 g/mol. The molecule has 1 amide bonds. The number of likely N-dealkylation sites (tertiary alicyclic amines) is 1. The summed E-state index contributed by atoms with van der Waals surface area (Å²) in [6.07, 6.45) is 1.34. The molecule has 1 heterocycles. The summed E-state index contributed by atoms with van der Waals surface area (Å²) in [7, 11) is 1.46. The van der Waals surface area contributed by atoms with Crippen molar-refractivity contribution in [2.75, 3.05) is 32.5 Å². The molecule has 1 aliphatic heterocycles. The fourth-order valence-electron chi connectivity index (χ4n) is 2.60. The Hall–Kier alpha value is -1.70. The highest BCUT2D eigenvalue weighted by molar-refractivity contribution is 6.33. The van der Waals surface area contributed by atoms with E-state index in [1.54, 1.807) is 4.90 Å². The van der Waals surface area contributed by atoms with Crippen LogP contribution in [-0.4, -0.2) is 49.6 Å². The van der Waals surface area contributed by atoms with E-state index >= 15 is 0 Å². The standard InChI is InChI=1S/C15H20ClN3O4.ClH/c1-23-13-7-12(17)11(16)6-10(13)15(22)18-9-2-4-19(5-3-9)8-14(20)21;/h6-7,9H,2-5,8,17H2,1H3,(H,18,22)(H,20,21);1H/p-1. The summed E-state index contributed by atoms with van der Waals surface area (Å²) in [5, 5.41) is 13.8. The summed E-state index contributed by atoms with van der Waals surface area (Å²) in [6, 6.07) is 2.97. The molecule has 7 nitrogen and oxygen atoms in total. The van der Waals surface area contributed by atoms with Crippen LogP contribution in [0.5, 0.6) is 5.75 Å². The highest BCUT2D eigenvalue weighted by atomic mass is 35.5. The van der Waals surface area contributed by atoms with Gasteiger partial charge in [0.25, 0.3) is 5.91 Å². The Morgan fingerprint density at radius 1 is 1.42 bits per heavy atom. The van der Waals surface area contributed by atoms with Crippen LogP contribution in [0.25, 0.3) is 0 Å². The van der Waals surface area contributed by atoms with Gasteiger partial charge in [0.15, 0.2) is 0 Å². The van der Waals surface area contributed by atoms with Crippen LogP contribution in [0.2, 0.25) is 5.02 Å². The van der Waals surface area contributed by atoms with Crippen molar-refractivity contribution in [1.29, 1.82) is 0 Å². The number of aliphatic carboxylic acids is 1. The molecule has 0 unspecified atom stereocenters. The van der Waals surface area contributed by atoms with Crippen LogP contribution in [-0.2, 0) is 4.79 Å². The van der Waals surface area contributed by atoms with Gasteiger partial charge in [-0.15, -0.1) is 12.4 Å². The maximum atomic E-state index is 12.4. The molecule has 1 aromatic rings.